The molecule has 0 aliphatic heterocycles. The molecule has 1 atom stereocenters. The second-order valence-electron chi connectivity index (χ2n) is 5.06. The van der Waals surface area contributed by atoms with Gasteiger partial charge in [-0.15, -0.1) is 0 Å². The van der Waals surface area contributed by atoms with E-state index in [0.717, 1.165) is 11.4 Å². The lowest BCUT2D eigenvalue weighted by molar-refractivity contribution is 0.0941. The van der Waals surface area contributed by atoms with Crippen LogP contribution in [0, 0.1) is 0 Å². The molecule has 118 valence electrons. The first kappa shape index (κ1) is 15.3. The molecule has 2 heterocycles. The Morgan fingerprint density at radius 3 is 2.83 bits per heavy atom. The van der Waals surface area contributed by atoms with Crippen molar-refractivity contribution < 1.29 is 9.53 Å². The van der Waals surface area contributed by atoms with E-state index in [4.69, 9.17) is 4.74 Å². The van der Waals surface area contributed by atoms with E-state index in [0.29, 0.717) is 11.3 Å². The molecule has 1 amide bonds. The SMILES string of the molecule is COc1ccccc1C(NC(=O)c1ccsc1)c1nccn1C. The summed E-state index contributed by atoms with van der Waals surface area (Å²) in [6.45, 7) is 0. The lowest BCUT2D eigenvalue weighted by Crippen LogP contribution is -2.31. The van der Waals surface area contributed by atoms with E-state index in [2.05, 4.69) is 10.3 Å². The Balaban J connectivity index is 2.01. The van der Waals surface area contributed by atoms with Gasteiger partial charge in [0.25, 0.3) is 5.91 Å². The summed E-state index contributed by atoms with van der Waals surface area (Å²) in [4.78, 5) is 16.9. The van der Waals surface area contributed by atoms with Gasteiger partial charge >= 0.3 is 0 Å². The van der Waals surface area contributed by atoms with Crippen molar-refractivity contribution >= 4 is 17.2 Å². The molecular weight excluding hydrogens is 310 g/mol. The number of ether oxygens (including phenoxy) is 1. The molecule has 1 unspecified atom stereocenters. The molecule has 0 radical (unpaired) electrons. The van der Waals surface area contributed by atoms with Crippen LogP contribution in [-0.4, -0.2) is 22.6 Å². The number of rotatable bonds is 5. The van der Waals surface area contributed by atoms with Gasteiger partial charge in [0.15, 0.2) is 0 Å². The number of thiophene rings is 1. The summed E-state index contributed by atoms with van der Waals surface area (Å²) in [6.07, 6.45) is 3.57. The predicted molar refractivity (Wildman–Crippen MR) is 89.8 cm³/mol. The van der Waals surface area contributed by atoms with Crippen LogP contribution in [0.1, 0.15) is 27.8 Å². The van der Waals surface area contributed by atoms with Gasteiger partial charge in [-0.25, -0.2) is 4.98 Å². The van der Waals surface area contributed by atoms with Crippen LogP contribution in [-0.2, 0) is 7.05 Å². The minimum absolute atomic E-state index is 0.134. The summed E-state index contributed by atoms with van der Waals surface area (Å²) < 4.78 is 7.34. The Labute approximate surface area is 138 Å². The predicted octanol–water partition coefficient (Wildman–Crippen LogP) is 3.01. The number of imidazole rings is 1. The lowest BCUT2D eigenvalue weighted by Gasteiger charge is -2.21. The fourth-order valence-corrected chi connectivity index (χ4v) is 3.09. The summed E-state index contributed by atoms with van der Waals surface area (Å²) in [5.74, 6) is 1.33. The number of amides is 1. The van der Waals surface area contributed by atoms with E-state index in [-0.39, 0.29) is 5.91 Å². The molecule has 0 saturated heterocycles. The molecule has 0 spiro atoms. The molecular formula is C17H17N3O2S. The number of nitrogens with one attached hydrogen (secondary N) is 1. The van der Waals surface area contributed by atoms with Gasteiger partial charge in [0, 0.05) is 30.4 Å². The fraction of sp³-hybridized carbons (Fsp3) is 0.176. The number of aryl methyl sites for hydroxylation is 1. The summed E-state index contributed by atoms with van der Waals surface area (Å²) >= 11 is 1.49. The molecule has 0 aliphatic carbocycles. The minimum atomic E-state index is -0.390. The van der Waals surface area contributed by atoms with Crippen molar-refractivity contribution in [2.45, 2.75) is 6.04 Å². The van der Waals surface area contributed by atoms with Crippen LogP contribution in [0.2, 0.25) is 0 Å². The van der Waals surface area contributed by atoms with Gasteiger partial charge in [0.1, 0.15) is 17.6 Å². The number of methoxy groups -OCH3 is 1. The first-order chi connectivity index (χ1) is 11.2. The molecule has 1 aromatic carbocycles. The van der Waals surface area contributed by atoms with Crippen LogP contribution in [0.5, 0.6) is 5.75 Å². The van der Waals surface area contributed by atoms with Gasteiger partial charge in [0.2, 0.25) is 0 Å². The molecule has 0 saturated carbocycles. The topological polar surface area (TPSA) is 56.1 Å². The van der Waals surface area contributed by atoms with Crippen molar-refractivity contribution in [3.05, 3.63) is 70.4 Å². The van der Waals surface area contributed by atoms with Crippen molar-refractivity contribution in [1.82, 2.24) is 14.9 Å². The van der Waals surface area contributed by atoms with E-state index in [1.807, 2.05) is 52.8 Å². The van der Waals surface area contributed by atoms with E-state index in [1.54, 1.807) is 19.4 Å². The maximum atomic E-state index is 12.5. The van der Waals surface area contributed by atoms with Crippen LogP contribution >= 0.6 is 11.3 Å². The zero-order chi connectivity index (χ0) is 16.2. The highest BCUT2D eigenvalue weighted by Crippen LogP contribution is 2.29. The third-order valence-corrected chi connectivity index (χ3v) is 4.31. The highest BCUT2D eigenvalue weighted by Gasteiger charge is 2.24. The largest absolute Gasteiger partial charge is 0.496 e. The number of hydrogen-bond donors (Lipinski definition) is 1. The van der Waals surface area contributed by atoms with Gasteiger partial charge in [-0.05, 0) is 17.5 Å². The second kappa shape index (κ2) is 6.66. The molecule has 23 heavy (non-hydrogen) atoms. The highest BCUT2D eigenvalue weighted by atomic mass is 32.1. The molecule has 3 rings (SSSR count). The molecule has 0 bridgehead atoms. The summed E-state index contributed by atoms with van der Waals surface area (Å²) in [6, 6.07) is 9.05. The zero-order valence-corrected chi connectivity index (χ0v) is 13.7. The molecule has 6 heteroatoms. The molecule has 3 aromatic rings. The highest BCUT2D eigenvalue weighted by molar-refractivity contribution is 7.08. The van der Waals surface area contributed by atoms with Crippen molar-refractivity contribution in [3.8, 4) is 5.75 Å². The van der Waals surface area contributed by atoms with E-state index in [1.165, 1.54) is 11.3 Å². The van der Waals surface area contributed by atoms with Crippen molar-refractivity contribution in [2.24, 2.45) is 7.05 Å². The molecule has 0 aliphatic rings. The molecule has 2 aromatic heterocycles. The number of carbonyl (C=O) groups is 1. The normalized spacial score (nSPS) is 11.9. The Morgan fingerprint density at radius 2 is 2.17 bits per heavy atom. The Morgan fingerprint density at radius 1 is 1.35 bits per heavy atom. The first-order valence-electron chi connectivity index (χ1n) is 7.14. The maximum Gasteiger partial charge on any atom is 0.252 e. The van der Waals surface area contributed by atoms with E-state index in [9.17, 15) is 4.79 Å². The number of aromatic nitrogens is 2. The van der Waals surface area contributed by atoms with E-state index >= 15 is 0 Å². The average Bonchev–Trinajstić information content (AvgIpc) is 3.24. The van der Waals surface area contributed by atoms with Crippen LogP contribution in [0.15, 0.2) is 53.5 Å². The monoisotopic (exact) mass is 327 g/mol. The summed E-state index contributed by atoms with van der Waals surface area (Å²) in [5, 5.41) is 6.77. The Kier molecular flexibility index (Phi) is 4.43. The molecule has 5 nitrogen and oxygen atoms in total. The first-order valence-corrected chi connectivity index (χ1v) is 8.08. The Hall–Kier alpha value is -2.60. The number of carbonyl (C=O) groups excluding carboxylic acids is 1. The number of nitrogens with zero attached hydrogens (tertiary/aromatic N) is 2. The van der Waals surface area contributed by atoms with Gasteiger partial charge in [-0.1, -0.05) is 18.2 Å². The second-order valence-corrected chi connectivity index (χ2v) is 5.84. The lowest BCUT2D eigenvalue weighted by atomic mass is 10.0. The van der Waals surface area contributed by atoms with Crippen molar-refractivity contribution in [3.63, 3.8) is 0 Å². The van der Waals surface area contributed by atoms with Crippen LogP contribution < -0.4 is 10.1 Å². The average molecular weight is 327 g/mol. The third kappa shape index (κ3) is 3.12. The van der Waals surface area contributed by atoms with Crippen molar-refractivity contribution in [1.29, 1.82) is 0 Å². The maximum absolute atomic E-state index is 12.5. The van der Waals surface area contributed by atoms with Gasteiger partial charge in [-0.3, -0.25) is 4.79 Å². The summed E-state index contributed by atoms with van der Waals surface area (Å²) in [5.41, 5.74) is 1.51. The van der Waals surface area contributed by atoms with Gasteiger partial charge in [0.05, 0.1) is 12.7 Å². The Bertz CT molecular complexity index is 796. The fourth-order valence-electron chi connectivity index (χ4n) is 2.45. The smallest absolute Gasteiger partial charge is 0.252 e. The third-order valence-electron chi connectivity index (χ3n) is 3.63. The van der Waals surface area contributed by atoms with Crippen LogP contribution in [0.3, 0.4) is 0 Å². The van der Waals surface area contributed by atoms with E-state index < -0.39 is 6.04 Å². The van der Waals surface area contributed by atoms with Crippen LogP contribution in [0.25, 0.3) is 0 Å². The minimum Gasteiger partial charge on any atom is -0.496 e. The van der Waals surface area contributed by atoms with Gasteiger partial charge < -0.3 is 14.6 Å². The molecule has 1 N–H and O–H groups in total. The molecule has 0 fully saturated rings. The van der Waals surface area contributed by atoms with Crippen LogP contribution in [0.4, 0.5) is 0 Å². The number of benzene rings is 1. The summed E-state index contributed by atoms with van der Waals surface area (Å²) in [7, 11) is 3.52. The zero-order valence-electron chi connectivity index (χ0n) is 12.9. The van der Waals surface area contributed by atoms with Crippen molar-refractivity contribution in [2.75, 3.05) is 7.11 Å². The standard InChI is InChI=1S/C17H17N3O2S/c1-20-9-8-18-16(20)15(13-5-3-4-6-14(13)22-2)19-17(21)12-7-10-23-11-12/h3-11,15H,1-2H3,(H,19,21). The number of para-hydroxylation sites is 1. The quantitative estimate of drug-likeness (QED) is 0.784. The number of hydrogen-bond acceptors (Lipinski definition) is 4. The van der Waals surface area contributed by atoms with Gasteiger partial charge in [-0.2, -0.15) is 11.3 Å².